The van der Waals surface area contributed by atoms with Gasteiger partial charge in [0.15, 0.2) is 23.1 Å². The van der Waals surface area contributed by atoms with Gasteiger partial charge in [0.1, 0.15) is 5.58 Å². The second kappa shape index (κ2) is 12.3. The van der Waals surface area contributed by atoms with Crippen molar-refractivity contribution < 1.29 is 4.42 Å². The summed E-state index contributed by atoms with van der Waals surface area (Å²) in [7, 11) is 0. The van der Waals surface area contributed by atoms with Crippen LogP contribution in [0.15, 0.2) is 192 Å². The number of rotatable bonds is 5. The van der Waals surface area contributed by atoms with E-state index in [0.29, 0.717) is 17.5 Å². The van der Waals surface area contributed by atoms with Crippen LogP contribution in [0.5, 0.6) is 0 Å². The molecule has 6 nitrogen and oxygen atoms in total. The Morgan fingerprint density at radius 3 is 1.53 bits per heavy atom. The van der Waals surface area contributed by atoms with Crippen molar-refractivity contribution in [3.8, 4) is 45.5 Å². The number of fused-ring (bicyclic) bond motifs is 10. The molecular weight excluding hydrogens is 699 g/mol. The molecule has 0 fully saturated rings. The highest BCUT2D eigenvalue weighted by molar-refractivity contribution is 6.24. The predicted octanol–water partition coefficient (Wildman–Crippen LogP) is 13.0. The largest absolute Gasteiger partial charge is 0.454 e. The third-order valence-electron chi connectivity index (χ3n) is 11.2. The first-order valence-corrected chi connectivity index (χ1v) is 19.1. The predicted molar refractivity (Wildman–Crippen MR) is 232 cm³/mol. The summed E-state index contributed by atoms with van der Waals surface area (Å²) in [5.41, 5.74) is 11.1. The normalized spacial score (nSPS) is 11.9. The molecule has 4 heterocycles. The lowest BCUT2D eigenvalue weighted by molar-refractivity contribution is 0.671. The number of para-hydroxylation sites is 3. The standard InChI is InChI=1S/C51H31N5O/c1-4-14-32(15-5-1)49-52-50(33-16-6-2-7-17-33)54-51(53-49)34-24-26-36(27-25-34)56-45-31-44-41(37-20-10-12-22-43(37)55(44)35-18-8-3-9-19-35)30-42(45)39-28-29-40-38-21-11-13-23-46(38)57-48(40)47(39)56/h1-31H. The lowest BCUT2D eigenvalue weighted by Gasteiger charge is -2.11. The van der Waals surface area contributed by atoms with Crippen molar-refractivity contribution in [1.82, 2.24) is 24.1 Å². The van der Waals surface area contributed by atoms with Crippen molar-refractivity contribution in [3.63, 3.8) is 0 Å². The maximum absolute atomic E-state index is 6.75. The van der Waals surface area contributed by atoms with E-state index >= 15 is 0 Å². The van der Waals surface area contributed by atoms with Gasteiger partial charge in [-0.15, -0.1) is 0 Å². The van der Waals surface area contributed by atoms with Crippen LogP contribution in [0.25, 0.3) is 111 Å². The molecule has 6 heteroatoms. The van der Waals surface area contributed by atoms with Crippen LogP contribution in [-0.2, 0) is 0 Å². The Kier molecular flexibility index (Phi) is 6.83. The lowest BCUT2D eigenvalue weighted by Crippen LogP contribution is -2.00. The first-order chi connectivity index (χ1) is 28.3. The first-order valence-electron chi connectivity index (χ1n) is 19.1. The van der Waals surface area contributed by atoms with Crippen molar-refractivity contribution in [2.75, 3.05) is 0 Å². The topological polar surface area (TPSA) is 61.7 Å². The molecule has 0 N–H and O–H groups in total. The van der Waals surface area contributed by atoms with Crippen LogP contribution in [0.3, 0.4) is 0 Å². The zero-order valence-electron chi connectivity index (χ0n) is 30.5. The fourth-order valence-corrected chi connectivity index (χ4v) is 8.56. The molecule has 0 unspecified atom stereocenters. The lowest BCUT2D eigenvalue weighted by atomic mass is 10.1. The Hall–Kier alpha value is -7.83. The van der Waals surface area contributed by atoms with Crippen LogP contribution in [-0.4, -0.2) is 24.1 Å². The van der Waals surface area contributed by atoms with E-state index in [0.717, 1.165) is 77.3 Å². The number of nitrogens with zero attached hydrogens (tertiary/aromatic N) is 5. The average molecular weight is 730 g/mol. The number of hydrogen-bond donors (Lipinski definition) is 0. The minimum absolute atomic E-state index is 0.616. The van der Waals surface area contributed by atoms with Crippen molar-refractivity contribution in [2.24, 2.45) is 0 Å². The van der Waals surface area contributed by atoms with E-state index in [1.165, 1.54) is 16.3 Å². The number of furan rings is 1. The van der Waals surface area contributed by atoms with E-state index in [-0.39, 0.29) is 0 Å². The molecule has 266 valence electrons. The summed E-state index contributed by atoms with van der Waals surface area (Å²) in [4.78, 5) is 14.9. The molecule has 0 aliphatic rings. The van der Waals surface area contributed by atoms with Crippen molar-refractivity contribution in [1.29, 1.82) is 0 Å². The molecule has 57 heavy (non-hydrogen) atoms. The monoisotopic (exact) mass is 729 g/mol. The molecule has 0 aliphatic carbocycles. The van der Waals surface area contributed by atoms with Crippen LogP contribution in [0, 0.1) is 0 Å². The Morgan fingerprint density at radius 1 is 0.333 bits per heavy atom. The van der Waals surface area contributed by atoms with Crippen molar-refractivity contribution in [3.05, 3.63) is 188 Å². The maximum Gasteiger partial charge on any atom is 0.164 e. The Bertz CT molecular complexity index is 3430. The van der Waals surface area contributed by atoms with Gasteiger partial charge in [0.2, 0.25) is 0 Å². The molecule has 0 aliphatic heterocycles. The smallest absolute Gasteiger partial charge is 0.164 e. The molecule has 0 saturated heterocycles. The summed E-state index contributed by atoms with van der Waals surface area (Å²) in [6, 6.07) is 65.5. The Balaban J connectivity index is 1.12. The second-order valence-electron chi connectivity index (χ2n) is 14.4. The van der Waals surface area contributed by atoms with Gasteiger partial charge in [0.05, 0.1) is 22.1 Å². The minimum atomic E-state index is 0.616. The van der Waals surface area contributed by atoms with E-state index in [1.54, 1.807) is 0 Å². The van der Waals surface area contributed by atoms with Crippen LogP contribution in [0.2, 0.25) is 0 Å². The van der Waals surface area contributed by atoms with Crippen molar-refractivity contribution >= 4 is 65.6 Å². The van der Waals surface area contributed by atoms with Gasteiger partial charge in [-0.1, -0.05) is 121 Å². The quantitative estimate of drug-likeness (QED) is 0.177. The number of aromatic nitrogens is 5. The third-order valence-corrected chi connectivity index (χ3v) is 11.2. The highest BCUT2D eigenvalue weighted by Crippen LogP contribution is 2.43. The molecule has 8 aromatic carbocycles. The third kappa shape index (κ3) is 4.87. The van der Waals surface area contributed by atoms with Gasteiger partial charge < -0.3 is 13.6 Å². The van der Waals surface area contributed by atoms with Gasteiger partial charge >= 0.3 is 0 Å². The minimum Gasteiger partial charge on any atom is -0.454 e. The molecule has 4 aromatic heterocycles. The van der Waals surface area contributed by atoms with E-state index in [9.17, 15) is 0 Å². The molecule has 0 spiro atoms. The van der Waals surface area contributed by atoms with Crippen LogP contribution in [0.4, 0.5) is 0 Å². The van der Waals surface area contributed by atoms with Crippen molar-refractivity contribution in [2.45, 2.75) is 0 Å². The molecule has 0 saturated carbocycles. The zero-order chi connectivity index (χ0) is 37.5. The van der Waals surface area contributed by atoms with Gasteiger partial charge in [-0.3, -0.25) is 0 Å². The van der Waals surface area contributed by atoms with E-state index in [1.807, 2.05) is 72.8 Å². The zero-order valence-corrected chi connectivity index (χ0v) is 30.5. The molecule has 0 amide bonds. The fourth-order valence-electron chi connectivity index (χ4n) is 8.56. The first kappa shape index (κ1) is 31.5. The molecule has 0 atom stereocenters. The molecule has 12 aromatic rings. The van der Waals surface area contributed by atoms with Crippen LogP contribution < -0.4 is 0 Å². The summed E-state index contributed by atoms with van der Waals surface area (Å²) in [5.74, 6) is 1.89. The van der Waals surface area contributed by atoms with Gasteiger partial charge in [-0.05, 0) is 66.7 Å². The number of hydrogen-bond acceptors (Lipinski definition) is 4. The molecule has 0 radical (unpaired) electrons. The maximum atomic E-state index is 6.75. The van der Waals surface area contributed by atoms with E-state index in [2.05, 4.69) is 124 Å². The SMILES string of the molecule is c1ccc(-c2nc(-c3ccccc3)nc(-c3ccc(-n4c5cc6c(cc5c5ccc7c8ccccc8oc7c54)c4ccccc4n6-c4ccccc4)cc3)n2)cc1. The molecule has 12 rings (SSSR count). The summed E-state index contributed by atoms with van der Waals surface area (Å²) in [5, 5.41) is 6.92. The Morgan fingerprint density at radius 2 is 0.842 bits per heavy atom. The molecule has 0 bridgehead atoms. The highest BCUT2D eigenvalue weighted by Gasteiger charge is 2.22. The molecular formula is C51H31N5O. The van der Waals surface area contributed by atoms with E-state index in [4.69, 9.17) is 19.4 Å². The van der Waals surface area contributed by atoms with Gasteiger partial charge in [-0.25, -0.2) is 15.0 Å². The summed E-state index contributed by atoms with van der Waals surface area (Å²) >= 11 is 0. The fraction of sp³-hybridized carbons (Fsp3) is 0. The van der Waals surface area contributed by atoms with Gasteiger partial charge in [-0.2, -0.15) is 0 Å². The van der Waals surface area contributed by atoms with Crippen LogP contribution in [0.1, 0.15) is 0 Å². The second-order valence-corrected chi connectivity index (χ2v) is 14.4. The number of benzene rings is 8. The van der Waals surface area contributed by atoms with Gasteiger partial charge in [0.25, 0.3) is 0 Å². The Labute approximate surface area is 326 Å². The summed E-state index contributed by atoms with van der Waals surface area (Å²) in [6.07, 6.45) is 0. The van der Waals surface area contributed by atoms with Gasteiger partial charge in [0, 0.05) is 60.4 Å². The van der Waals surface area contributed by atoms with Crippen LogP contribution >= 0.6 is 0 Å². The highest BCUT2D eigenvalue weighted by atomic mass is 16.3. The summed E-state index contributed by atoms with van der Waals surface area (Å²) in [6.45, 7) is 0. The van der Waals surface area contributed by atoms with E-state index < -0.39 is 0 Å². The average Bonchev–Trinajstić information content (AvgIpc) is 3.94. The summed E-state index contributed by atoms with van der Waals surface area (Å²) < 4.78 is 11.5.